The summed E-state index contributed by atoms with van der Waals surface area (Å²) in [6.07, 6.45) is 0.962. The second-order valence-corrected chi connectivity index (χ2v) is 5.49. The maximum atomic E-state index is 12.3. The Bertz CT molecular complexity index is 532. The first-order valence-corrected chi connectivity index (χ1v) is 6.64. The molecule has 0 amide bonds. The van der Waals surface area contributed by atoms with Gasteiger partial charge in [-0.15, -0.1) is 11.3 Å². The molecule has 0 bridgehead atoms. The van der Waals surface area contributed by atoms with Gasteiger partial charge in [0, 0.05) is 10.4 Å². The lowest BCUT2D eigenvalue weighted by Crippen LogP contribution is -1.99. The maximum absolute atomic E-state index is 12.3. The summed E-state index contributed by atoms with van der Waals surface area (Å²) in [7, 11) is 0. The predicted octanol–water partition coefficient (Wildman–Crippen LogP) is 4.16. The molecule has 2 aromatic rings. The van der Waals surface area contributed by atoms with Crippen molar-refractivity contribution in [2.75, 3.05) is 0 Å². The Morgan fingerprint density at radius 1 is 1.24 bits per heavy atom. The third kappa shape index (κ3) is 2.47. The largest absolute Gasteiger partial charge is 0.288 e. The number of ketones is 1. The summed E-state index contributed by atoms with van der Waals surface area (Å²) in [4.78, 5) is 14.4. The van der Waals surface area contributed by atoms with E-state index in [1.807, 2.05) is 31.2 Å². The number of carbonyl (C=O) groups excluding carboxylic acids is 1. The lowest BCUT2D eigenvalue weighted by molar-refractivity contribution is 0.104. The van der Waals surface area contributed by atoms with Crippen molar-refractivity contribution in [3.63, 3.8) is 0 Å². The van der Waals surface area contributed by atoms with Gasteiger partial charge in [0.2, 0.25) is 5.78 Å². The molecule has 0 aliphatic carbocycles. The molecule has 1 heterocycles. The highest BCUT2D eigenvalue weighted by molar-refractivity contribution is 7.14. The lowest BCUT2D eigenvalue weighted by atomic mass is 10.0. The Morgan fingerprint density at radius 2 is 2.00 bits per heavy atom. The number of thiophene rings is 1. The van der Waals surface area contributed by atoms with E-state index in [9.17, 15) is 4.79 Å². The predicted molar refractivity (Wildman–Crippen MR) is 73.0 cm³/mol. The van der Waals surface area contributed by atoms with E-state index >= 15 is 0 Å². The molecule has 0 unspecified atom stereocenters. The zero-order valence-electron chi connectivity index (χ0n) is 10.4. The van der Waals surface area contributed by atoms with Gasteiger partial charge in [-0.1, -0.05) is 25.1 Å². The minimum Gasteiger partial charge on any atom is -0.288 e. The molecule has 1 aromatic heterocycles. The summed E-state index contributed by atoms with van der Waals surface area (Å²) >= 11 is 1.58. The van der Waals surface area contributed by atoms with Crippen LogP contribution in [-0.2, 0) is 6.42 Å². The number of hydrogen-bond acceptors (Lipinski definition) is 2. The van der Waals surface area contributed by atoms with E-state index in [1.54, 1.807) is 11.3 Å². The molecule has 88 valence electrons. The minimum absolute atomic E-state index is 0.140. The number of aryl methyl sites for hydroxylation is 3. The summed E-state index contributed by atoms with van der Waals surface area (Å²) in [5.41, 5.74) is 3.21. The van der Waals surface area contributed by atoms with E-state index in [-0.39, 0.29) is 5.78 Å². The van der Waals surface area contributed by atoms with Gasteiger partial charge in [-0.05, 0) is 43.5 Å². The minimum atomic E-state index is 0.140. The van der Waals surface area contributed by atoms with Gasteiger partial charge >= 0.3 is 0 Å². The zero-order chi connectivity index (χ0) is 12.4. The molecule has 2 rings (SSSR count). The van der Waals surface area contributed by atoms with Crippen molar-refractivity contribution in [3.05, 3.63) is 56.8 Å². The standard InChI is InChI=1S/C15H16OS/c1-4-12-6-5-7-13(9-12)15(16)14-8-10(2)11(3)17-14/h5-9H,4H2,1-3H3. The second-order valence-electron chi connectivity index (χ2n) is 4.23. The Labute approximate surface area is 106 Å². The van der Waals surface area contributed by atoms with E-state index in [2.05, 4.69) is 19.9 Å². The maximum Gasteiger partial charge on any atom is 0.202 e. The normalized spacial score (nSPS) is 10.5. The number of rotatable bonds is 3. The van der Waals surface area contributed by atoms with Crippen LogP contribution in [0.25, 0.3) is 0 Å². The summed E-state index contributed by atoms with van der Waals surface area (Å²) in [6.45, 7) is 6.20. The van der Waals surface area contributed by atoms with E-state index < -0.39 is 0 Å². The van der Waals surface area contributed by atoms with E-state index in [0.29, 0.717) is 0 Å². The zero-order valence-corrected chi connectivity index (χ0v) is 11.2. The fourth-order valence-electron chi connectivity index (χ4n) is 1.76. The SMILES string of the molecule is CCc1cccc(C(=O)c2cc(C)c(C)s2)c1. The first kappa shape index (κ1) is 12.1. The van der Waals surface area contributed by atoms with Crippen molar-refractivity contribution in [1.82, 2.24) is 0 Å². The monoisotopic (exact) mass is 244 g/mol. The van der Waals surface area contributed by atoms with Crippen LogP contribution in [0.2, 0.25) is 0 Å². The molecular weight excluding hydrogens is 228 g/mol. The first-order chi connectivity index (χ1) is 8.11. The summed E-state index contributed by atoms with van der Waals surface area (Å²) in [5.74, 6) is 0.140. The smallest absolute Gasteiger partial charge is 0.202 e. The van der Waals surface area contributed by atoms with Crippen molar-refractivity contribution >= 4 is 17.1 Å². The molecule has 0 radical (unpaired) electrons. The average Bonchev–Trinajstić information content (AvgIpc) is 2.69. The Kier molecular flexibility index (Phi) is 3.43. The molecule has 0 spiro atoms. The fourth-order valence-corrected chi connectivity index (χ4v) is 2.76. The van der Waals surface area contributed by atoms with Gasteiger partial charge in [0.15, 0.2) is 0 Å². The van der Waals surface area contributed by atoms with Gasteiger partial charge < -0.3 is 0 Å². The highest BCUT2D eigenvalue weighted by Gasteiger charge is 2.12. The topological polar surface area (TPSA) is 17.1 Å². The Balaban J connectivity index is 2.36. The van der Waals surface area contributed by atoms with Gasteiger partial charge in [-0.2, -0.15) is 0 Å². The van der Waals surface area contributed by atoms with Crippen LogP contribution in [0.5, 0.6) is 0 Å². The van der Waals surface area contributed by atoms with Crippen molar-refractivity contribution in [2.45, 2.75) is 27.2 Å². The molecule has 0 aliphatic rings. The first-order valence-electron chi connectivity index (χ1n) is 5.82. The van der Waals surface area contributed by atoms with Crippen molar-refractivity contribution < 1.29 is 4.79 Å². The highest BCUT2D eigenvalue weighted by atomic mass is 32.1. The number of hydrogen-bond donors (Lipinski definition) is 0. The van der Waals surface area contributed by atoms with E-state index in [1.165, 1.54) is 16.0 Å². The second kappa shape index (κ2) is 4.84. The molecule has 2 heteroatoms. The molecule has 0 aliphatic heterocycles. The van der Waals surface area contributed by atoms with Crippen LogP contribution in [0.4, 0.5) is 0 Å². The Hall–Kier alpha value is -1.41. The number of benzene rings is 1. The lowest BCUT2D eigenvalue weighted by Gasteiger charge is -2.01. The van der Waals surface area contributed by atoms with Crippen molar-refractivity contribution in [2.24, 2.45) is 0 Å². The molecule has 1 nitrogen and oxygen atoms in total. The average molecular weight is 244 g/mol. The molecule has 0 atom stereocenters. The van der Waals surface area contributed by atoms with E-state index in [4.69, 9.17) is 0 Å². The van der Waals surface area contributed by atoms with Gasteiger partial charge in [0.25, 0.3) is 0 Å². The van der Waals surface area contributed by atoms with Crippen molar-refractivity contribution in [3.8, 4) is 0 Å². The molecule has 1 aromatic carbocycles. The van der Waals surface area contributed by atoms with Gasteiger partial charge in [-0.25, -0.2) is 0 Å². The highest BCUT2D eigenvalue weighted by Crippen LogP contribution is 2.23. The van der Waals surface area contributed by atoms with Crippen molar-refractivity contribution in [1.29, 1.82) is 0 Å². The molecule has 0 fully saturated rings. The third-order valence-electron chi connectivity index (χ3n) is 2.99. The molecule has 0 N–H and O–H groups in total. The van der Waals surface area contributed by atoms with Crippen LogP contribution >= 0.6 is 11.3 Å². The van der Waals surface area contributed by atoms with Crippen LogP contribution in [0, 0.1) is 13.8 Å². The van der Waals surface area contributed by atoms with Crippen LogP contribution in [-0.4, -0.2) is 5.78 Å². The molecule has 0 saturated carbocycles. The molecule has 17 heavy (non-hydrogen) atoms. The van der Waals surface area contributed by atoms with E-state index in [0.717, 1.165) is 16.9 Å². The van der Waals surface area contributed by atoms with Crippen LogP contribution in [0.3, 0.4) is 0 Å². The summed E-state index contributed by atoms with van der Waals surface area (Å²) < 4.78 is 0. The quantitative estimate of drug-likeness (QED) is 0.741. The third-order valence-corrected chi connectivity index (χ3v) is 4.14. The van der Waals surface area contributed by atoms with Gasteiger partial charge in [0.05, 0.1) is 4.88 Å². The summed E-state index contributed by atoms with van der Waals surface area (Å²) in [6, 6.07) is 9.89. The van der Waals surface area contributed by atoms with Crippen LogP contribution < -0.4 is 0 Å². The molecular formula is C15H16OS. The molecule has 0 saturated heterocycles. The van der Waals surface area contributed by atoms with Gasteiger partial charge in [0.1, 0.15) is 0 Å². The Morgan fingerprint density at radius 3 is 2.59 bits per heavy atom. The fraction of sp³-hybridized carbons (Fsp3) is 0.267. The number of carbonyl (C=O) groups is 1. The van der Waals surface area contributed by atoms with Crippen LogP contribution in [0.15, 0.2) is 30.3 Å². The van der Waals surface area contributed by atoms with Crippen LogP contribution in [0.1, 0.15) is 38.2 Å². The van der Waals surface area contributed by atoms with Gasteiger partial charge in [-0.3, -0.25) is 4.79 Å². The summed E-state index contributed by atoms with van der Waals surface area (Å²) in [5, 5.41) is 0.